The first kappa shape index (κ1) is 29.6. The monoisotopic (exact) mass is 601 g/mol. The summed E-state index contributed by atoms with van der Waals surface area (Å²) in [5.74, 6) is -0.518. The van der Waals surface area contributed by atoms with E-state index >= 15 is 0 Å². The molecule has 2 aliphatic rings. The highest BCUT2D eigenvalue weighted by Gasteiger charge is 2.35. The zero-order valence-corrected chi connectivity index (χ0v) is 23.5. The Kier molecular flexibility index (Phi) is 9.15. The summed E-state index contributed by atoms with van der Waals surface area (Å²) in [6, 6.07) is 9.47. The standard InChI is InChI=1S/C29H30ClF2N5O5/c1-16(26(39)35-24(15-38)17-3-2-4-21(11-17)42-28(31)32)37-14-19-6-5-18(12-22(19)27(37)40)25-23(30)13-33-29(36-25)34-20-7-9-41-10-8-20/h2-6,11-13,16,20,24,28,38H,7-10,14-15H2,1H3,(H,35,39)(H,33,34,36). The molecule has 2 atom stereocenters. The van der Waals surface area contributed by atoms with Crippen LogP contribution in [0.15, 0.2) is 48.7 Å². The predicted molar refractivity (Wildman–Crippen MR) is 150 cm³/mol. The van der Waals surface area contributed by atoms with Crippen molar-refractivity contribution in [2.45, 2.75) is 51.0 Å². The number of rotatable bonds is 10. The number of aliphatic hydroxyl groups is 1. The number of hydrogen-bond donors (Lipinski definition) is 3. The normalized spacial score (nSPS) is 16.7. The molecular formula is C29H30ClF2N5O5. The summed E-state index contributed by atoms with van der Waals surface area (Å²) in [4.78, 5) is 36.9. The van der Waals surface area contributed by atoms with Crippen LogP contribution in [0.5, 0.6) is 5.75 Å². The second kappa shape index (κ2) is 13.0. The number of ether oxygens (including phenoxy) is 2. The van der Waals surface area contributed by atoms with Gasteiger partial charge in [0.1, 0.15) is 11.8 Å². The molecule has 3 heterocycles. The average molecular weight is 602 g/mol. The maximum absolute atomic E-state index is 13.4. The Bertz CT molecular complexity index is 1460. The molecule has 2 aromatic carbocycles. The number of alkyl halides is 2. The third kappa shape index (κ3) is 6.61. The Morgan fingerprint density at radius 3 is 2.76 bits per heavy atom. The third-order valence-electron chi connectivity index (χ3n) is 7.35. The molecule has 0 bridgehead atoms. The van der Waals surface area contributed by atoms with E-state index in [2.05, 4.69) is 25.3 Å². The van der Waals surface area contributed by atoms with Gasteiger partial charge in [0.25, 0.3) is 5.91 Å². The van der Waals surface area contributed by atoms with E-state index < -0.39 is 31.2 Å². The highest BCUT2D eigenvalue weighted by Crippen LogP contribution is 2.32. The molecule has 3 aromatic rings. The minimum atomic E-state index is -3.01. The van der Waals surface area contributed by atoms with Crippen molar-refractivity contribution in [2.75, 3.05) is 25.1 Å². The van der Waals surface area contributed by atoms with Crippen molar-refractivity contribution in [3.63, 3.8) is 0 Å². The van der Waals surface area contributed by atoms with Crippen molar-refractivity contribution in [1.82, 2.24) is 20.2 Å². The summed E-state index contributed by atoms with van der Waals surface area (Å²) in [7, 11) is 0. The van der Waals surface area contributed by atoms with Gasteiger partial charge in [0.15, 0.2) is 0 Å². The molecule has 13 heteroatoms. The lowest BCUT2D eigenvalue weighted by atomic mass is 10.0. The highest BCUT2D eigenvalue weighted by atomic mass is 35.5. The molecule has 0 spiro atoms. The molecule has 42 heavy (non-hydrogen) atoms. The van der Waals surface area contributed by atoms with Crippen molar-refractivity contribution >= 4 is 29.4 Å². The minimum Gasteiger partial charge on any atom is -0.435 e. The summed E-state index contributed by atoms with van der Waals surface area (Å²) in [5.41, 5.74) is 2.66. The first-order valence-corrected chi connectivity index (χ1v) is 13.9. The van der Waals surface area contributed by atoms with Gasteiger partial charge in [0.05, 0.1) is 29.6 Å². The van der Waals surface area contributed by atoms with E-state index in [1.165, 1.54) is 29.3 Å². The van der Waals surface area contributed by atoms with Gasteiger partial charge in [-0.05, 0) is 49.1 Å². The number of carbonyl (C=O) groups is 2. The quantitative estimate of drug-likeness (QED) is 0.316. The molecule has 0 radical (unpaired) electrons. The number of nitrogens with one attached hydrogen (secondary N) is 2. The topological polar surface area (TPSA) is 126 Å². The molecule has 2 unspecified atom stereocenters. The van der Waals surface area contributed by atoms with Gasteiger partial charge in [0, 0.05) is 36.9 Å². The van der Waals surface area contributed by atoms with Crippen LogP contribution in [0, 0.1) is 0 Å². The lowest BCUT2D eigenvalue weighted by molar-refractivity contribution is -0.126. The van der Waals surface area contributed by atoms with Crippen molar-refractivity contribution in [1.29, 1.82) is 0 Å². The van der Waals surface area contributed by atoms with Crippen LogP contribution in [0.25, 0.3) is 11.3 Å². The molecule has 1 aromatic heterocycles. The zero-order chi connectivity index (χ0) is 29.8. The lowest BCUT2D eigenvalue weighted by Gasteiger charge is -2.26. The number of fused-ring (bicyclic) bond motifs is 1. The number of benzene rings is 2. The van der Waals surface area contributed by atoms with Gasteiger partial charge in [-0.15, -0.1) is 0 Å². The fourth-order valence-electron chi connectivity index (χ4n) is 5.02. The lowest BCUT2D eigenvalue weighted by Crippen LogP contribution is -2.46. The zero-order valence-electron chi connectivity index (χ0n) is 22.7. The van der Waals surface area contributed by atoms with E-state index in [9.17, 15) is 23.5 Å². The largest absolute Gasteiger partial charge is 0.435 e. The van der Waals surface area contributed by atoms with Crippen molar-refractivity contribution in [2.24, 2.45) is 0 Å². The van der Waals surface area contributed by atoms with Gasteiger partial charge in [0.2, 0.25) is 11.9 Å². The Hall–Kier alpha value is -3.87. The fourth-order valence-corrected chi connectivity index (χ4v) is 5.22. The molecule has 2 amide bonds. The van der Waals surface area contributed by atoms with Crippen molar-refractivity contribution < 1.29 is 33.0 Å². The van der Waals surface area contributed by atoms with E-state index in [1.807, 2.05) is 12.1 Å². The number of aromatic nitrogens is 2. The molecule has 0 saturated carbocycles. The smallest absolute Gasteiger partial charge is 0.387 e. The number of aliphatic hydroxyl groups excluding tert-OH is 1. The Labute approximate surface area is 246 Å². The number of amides is 2. The van der Waals surface area contributed by atoms with Gasteiger partial charge >= 0.3 is 6.61 Å². The summed E-state index contributed by atoms with van der Waals surface area (Å²) in [6.45, 7) is -0.366. The maximum Gasteiger partial charge on any atom is 0.387 e. The Balaban J connectivity index is 1.29. The summed E-state index contributed by atoms with van der Waals surface area (Å²) < 4.78 is 35.1. The number of anilines is 1. The molecule has 222 valence electrons. The molecule has 3 N–H and O–H groups in total. The summed E-state index contributed by atoms with van der Waals surface area (Å²) >= 11 is 6.44. The van der Waals surface area contributed by atoms with Crippen molar-refractivity contribution in [3.8, 4) is 17.0 Å². The predicted octanol–water partition coefficient (Wildman–Crippen LogP) is 4.18. The summed E-state index contributed by atoms with van der Waals surface area (Å²) in [6.07, 6.45) is 3.20. The van der Waals surface area contributed by atoms with Crippen LogP contribution in [0.1, 0.15) is 47.3 Å². The molecular weight excluding hydrogens is 572 g/mol. The molecule has 0 aliphatic carbocycles. The number of carbonyl (C=O) groups excluding carboxylic acids is 2. The molecule has 1 saturated heterocycles. The van der Waals surface area contributed by atoms with Crippen LogP contribution in [0.3, 0.4) is 0 Å². The van der Waals surface area contributed by atoms with Crippen LogP contribution in [0.2, 0.25) is 5.02 Å². The number of hydrogen-bond acceptors (Lipinski definition) is 8. The number of nitrogens with zero attached hydrogens (tertiary/aromatic N) is 3. The van der Waals surface area contributed by atoms with Crippen LogP contribution >= 0.6 is 11.6 Å². The second-order valence-corrected chi connectivity index (χ2v) is 10.5. The molecule has 10 nitrogen and oxygen atoms in total. The van der Waals surface area contributed by atoms with Gasteiger partial charge in [-0.1, -0.05) is 35.9 Å². The van der Waals surface area contributed by atoms with Crippen molar-refractivity contribution in [3.05, 3.63) is 70.4 Å². The van der Waals surface area contributed by atoms with Gasteiger partial charge in [-0.25, -0.2) is 9.97 Å². The SMILES string of the molecule is CC(C(=O)NC(CO)c1cccc(OC(F)F)c1)N1Cc2ccc(-c3nc(NC4CCOCC4)ncc3Cl)cc2C1=O. The van der Waals surface area contributed by atoms with Crippen LogP contribution in [0.4, 0.5) is 14.7 Å². The van der Waals surface area contributed by atoms with E-state index in [4.69, 9.17) is 16.3 Å². The van der Waals surface area contributed by atoms with E-state index in [0.717, 1.165) is 18.4 Å². The van der Waals surface area contributed by atoms with E-state index in [-0.39, 0.29) is 24.2 Å². The van der Waals surface area contributed by atoms with E-state index in [1.54, 1.807) is 19.1 Å². The minimum absolute atomic E-state index is 0.0977. The second-order valence-electron chi connectivity index (χ2n) is 10.1. The van der Waals surface area contributed by atoms with Crippen LogP contribution < -0.4 is 15.4 Å². The van der Waals surface area contributed by atoms with Crippen LogP contribution in [-0.4, -0.2) is 70.3 Å². The highest BCUT2D eigenvalue weighted by molar-refractivity contribution is 6.33. The van der Waals surface area contributed by atoms with Crippen LogP contribution in [-0.2, 0) is 16.1 Å². The Morgan fingerprint density at radius 1 is 1.24 bits per heavy atom. The van der Waals surface area contributed by atoms with Gasteiger partial charge in [-0.2, -0.15) is 8.78 Å². The fraction of sp³-hybridized carbons (Fsp3) is 0.379. The summed E-state index contributed by atoms with van der Waals surface area (Å²) in [5, 5.41) is 16.2. The average Bonchev–Trinajstić information content (AvgIpc) is 3.32. The van der Waals surface area contributed by atoms with Gasteiger partial charge in [-0.3, -0.25) is 9.59 Å². The van der Waals surface area contributed by atoms with Gasteiger partial charge < -0.3 is 30.1 Å². The van der Waals surface area contributed by atoms with E-state index in [0.29, 0.717) is 46.6 Å². The molecule has 1 fully saturated rings. The molecule has 5 rings (SSSR count). The maximum atomic E-state index is 13.4. The molecule has 2 aliphatic heterocycles. The Morgan fingerprint density at radius 2 is 2.02 bits per heavy atom. The number of halogens is 3. The third-order valence-corrected chi connectivity index (χ3v) is 7.62. The first-order valence-electron chi connectivity index (χ1n) is 13.5. The first-order chi connectivity index (χ1) is 20.2.